The largest absolute Gasteiger partial charge is 0.361 e. The minimum atomic E-state index is -2.75. The summed E-state index contributed by atoms with van der Waals surface area (Å²) in [6.45, 7) is 0.785. The quantitative estimate of drug-likeness (QED) is 0.488. The molecule has 2 fully saturated rings. The lowest BCUT2D eigenvalue weighted by Crippen LogP contribution is -2.50. The van der Waals surface area contributed by atoms with E-state index in [1.807, 2.05) is 0 Å². The number of rotatable bonds is 5. The van der Waals surface area contributed by atoms with E-state index in [-0.39, 0.29) is 41.4 Å². The van der Waals surface area contributed by atoms with E-state index in [4.69, 9.17) is 0 Å². The average molecular weight is 480 g/mol. The second kappa shape index (κ2) is 8.49. The topological polar surface area (TPSA) is 83.4 Å². The summed E-state index contributed by atoms with van der Waals surface area (Å²) in [5, 5.41) is 8.26. The molecule has 0 spiro atoms. The number of aromatic nitrogens is 3. The van der Waals surface area contributed by atoms with Crippen LogP contribution in [0, 0.1) is 11.6 Å². The summed E-state index contributed by atoms with van der Waals surface area (Å²) >= 11 is 0. The molecule has 5 rings (SSSR count). The normalized spacial score (nSPS) is 22.4. The highest BCUT2D eigenvalue weighted by molar-refractivity contribution is 5.95. The van der Waals surface area contributed by atoms with Crippen LogP contribution in [0.25, 0.3) is 17.0 Å². The molecule has 1 aliphatic carbocycles. The van der Waals surface area contributed by atoms with Crippen LogP contribution in [0.4, 0.5) is 27.8 Å². The van der Waals surface area contributed by atoms with Crippen molar-refractivity contribution in [2.45, 2.75) is 43.4 Å². The Hall–Kier alpha value is -3.28. The Balaban J connectivity index is 1.40. The van der Waals surface area contributed by atoms with Gasteiger partial charge in [-0.2, -0.15) is 0 Å². The van der Waals surface area contributed by atoms with E-state index in [0.717, 1.165) is 0 Å². The molecule has 0 bridgehead atoms. The molecule has 2 aliphatic rings. The number of anilines is 1. The Bertz CT molecular complexity index is 1240. The van der Waals surface area contributed by atoms with Crippen LogP contribution in [-0.4, -0.2) is 57.5 Å². The van der Waals surface area contributed by atoms with Gasteiger partial charge in [-0.05, 0) is 25.1 Å². The van der Waals surface area contributed by atoms with Gasteiger partial charge in [0.25, 0.3) is 11.8 Å². The standard InChI is InChI=1S/C22H21F5N6O/c23-13-1-3-28-9-16(13)31-20-15(25)6-14(24)19(32-20)17-10-29-18-5-11(2-4-33(17)18)21(34)30-12-7-22(26,27)8-12/h2,4-6,10,12-13,16,28H,1,3,7-9H2,(H,30,34)(H,31,32). The molecule has 2 atom stereocenters. The van der Waals surface area contributed by atoms with Gasteiger partial charge in [-0.1, -0.05) is 0 Å². The Morgan fingerprint density at radius 3 is 2.74 bits per heavy atom. The number of pyridine rings is 2. The Kier molecular flexibility index (Phi) is 5.62. The number of carbonyl (C=O) groups is 1. The number of alkyl halides is 3. The number of nitrogens with one attached hydrogen (secondary N) is 3. The summed E-state index contributed by atoms with van der Waals surface area (Å²) in [6, 6.07) is 2.22. The molecule has 7 nitrogen and oxygen atoms in total. The van der Waals surface area contributed by atoms with E-state index < -0.39 is 54.6 Å². The first-order valence-corrected chi connectivity index (χ1v) is 10.8. The van der Waals surface area contributed by atoms with Gasteiger partial charge in [-0.25, -0.2) is 31.9 Å². The maximum atomic E-state index is 14.7. The maximum Gasteiger partial charge on any atom is 0.252 e. The molecule has 4 heterocycles. The van der Waals surface area contributed by atoms with Crippen molar-refractivity contribution in [2.24, 2.45) is 0 Å². The molecule has 0 radical (unpaired) electrons. The maximum absolute atomic E-state index is 14.7. The van der Waals surface area contributed by atoms with Gasteiger partial charge in [0.15, 0.2) is 17.5 Å². The summed E-state index contributed by atoms with van der Waals surface area (Å²) in [6.07, 6.45) is 1.03. The number of hydrogen-bond donors (Lipinski definition) is 3. The van der Waals surface area contributed by atoms with Crippen LogP contribution < -0.4 is 16.0 Å². The van der Waals surface area contributed by atoms with Crippen molar-refractivity contribution in [1.29, 1.82) is 0 Å². The minimum Gasteiger partial charge on any atom is -0.361 e. The lowest BCUT2D eigenvalue weighted by atomic mass is 9.88. The number of amides is 1. The van der Waals surface area contributed by atoms with Crippen LogP contribution in [0.5, 0.6) is 0 Å². The Labute approximate surface area is 190 Å². The number of nitrogens with zero attached hydrogens (tertiary/aromatic N) is 3. The third-order valence-electron chi connectivity index (χ3n) is 6.09. The molecule has 3 aromatic rings. The molecule has 180 valence electrons. The number of piperidine rings is 1. The summed E-state index contributed by atoms with van der Waals surface area (Å²) in [5.41, 5.74) is 0.472. The molecular formula is C22H21F5N6O. The molecule has 12 heteroatoms. The van der Waals surface area contributed by atoms with Gasteiger partial charge in [0.05, 0.1) is 17.9 Å². The van der Waals surface area contributed by atoms with Crippen LogP contribution in [-0.2, 0) is 0 Å². The highest BCUT2D eigenvalue weighted by Crippen LogP contribution is 2.37. The molecule has 34 heavy (non-hydrogen) atoms. The van der Waals surface area contributed by atoms with E-state index in [0.29, 0.717) is 12.6 Å². The molecule has 1 amide bonds. The zero-order valence-electron chi connectivity index (χ0n) is 17.8. The van der Waals surface area contributed by atoms with Gasteiger partial charge in [-0.3, -0.25) is 9.20 Å². The van der Waals surface area contributed by atoms with Crippen molar-refractivity contribution in [2.75, 3.05) is 18.4 Å². The fraction of sp³-hybridized carbons (Fsp3) is 0.409. The van der Waals surface area contributed by atoms with Crippen molar-refractivity contribution < 1.29 is 26.7 Å². The van der Waals surface area contributed by atoms with Gasteiger partial charge in [0.1, 0.15) is 17.5 Å². The zero-order chi connectivity index (χ0) is 24.0. The highest BCUT2D eigenvalue weighted by Gasteiger charge is 2.46. The molecule has 1 aliphatic heterocycles. The first kappa shape index (κ1) is 22.5. The predicted molar refractivity (Wildman–Crippen MR) is 114 cm³/mol. The predicted octanol–water partition coefficient (Wildman–Crippen LogP) is 3.31. The summed E-state index contributed by atoms with van der Waals surface area (Å²) in [5.74, 6) is -5.44. The molecule has 0 aromatic carbocycles. The summed E-state index contributed by atoms with van der Waals surface area (Å²) < 4.78 is 70.6. The molecule has 1 saturated heterocycles. The average Bonchev–Trinajstić information content (AvgIpc) is 3.19. The fourth-order valence-corrected chi connectivity index (χ4v) is 4.22. The van der Waals surface area contributed by atoms with Crippen molar-refractivity contribution in [1.82, 2.24) is 25.0 Å². The lowest BCUT2D eigenvalue weighted by molar-refractivity contribution is -0.0901. The van der Waals surface area contributed by atoms with Crippen molar-refractivity contribution in [3.05, 3.63) is 47.8 Å². The van der Waals surface area contributed by atoms with E-state index in [9.17, 15) is 26.7 Å². The van der Waals surface area contributed by atoms with E-state index in [1.54, 1.807) is 0 Å². The van der Waals surface area contributed by atoms with Gasteiger partial charge < -0.3 is 16.0 Å². The van der Waals surface area contributed by atoms with Crippen LogP contribution in [0.3, 0.4) is 0 Å². The number of fused-ring (bicyclic) bond motifs is 1. The lowest BCUT2D eigenvalue weighted by Gasteiger charge is -2.35. The van der Waals surface area contributed by atoms with Crippen LogP contribution in [0.1, 0.15) is 29.6 Å². The van der Waals surface area contributed by atoms with Crippen molar-refractivity contribution >= 4 is 17.4 Å². The summed E-state index contributed by atoms with van der Waals surface area (Å²) in [7, 11) is 0. The van der Waals surface area contributed by atoms with Gasteiger partial charge in [-0.15, -0.1) is 0 Å². The number of imidazole rings is 1. The molecule has 3 N–H and O–H groups in total. The number of carbonyl (C=O) groups excluding carboxylic acids is 1. The first-order valence-electron chi connectivity index (χ1n) is 10.8. The second-order valence-corrected chi connectivity index (χ2v) is 8.63. The fourth-order valence-electron chi connectivity index (χ4n) is 4.22. The van der Waals surface area contributed by atoms with Gasteiger partial charge in [0, 0.05) is 43.3 Å². The number of hydrogen-bond acceptors (Lipinski definition) is 5. The SMILES string of the molecule is O=C(NC1CC(F)(F)C1)c1ccn2c(-c3nc(NC4CNCCC4F)c(F)cc3F)cnc2c1. The van der Waals surface area contributed by atoms with Crippen LogP contribution >= 0.6 is 0 Å². The molecular weight excluding hydrogens is 459 g/mol. The minimum absolute atomic E-state index is 0.194. The smallest absolute Gasteiger partial charge is 0.252 e. The van der Waals surface area contributed by atoms with Crippen molar-refractivity contribution in [3.63, 3.8) is 0 Å². The second-order valence-electron chi connectivity index (χ2n) is 8.63. The van der Waals surface area contributed by atoms with Crippen LogP contribution in [0.2, 0.25) is 0 Å². The third kappa shape index (κ3) is 4.29. The van der Waals surface area contributed by atoms with E-state index in [1.165, 1.54) is 28.9 Å². The van der Waals surface area contributed by atoms with E-state index in [2.05, 4.69) is 25.9 Å². The highest BCUT2D eigenvalue weighted by atomic mass is 19.3. The van der Waals surface area contributed by atoms with Gasteiger partial charge in [0.2, 0.25) is 0 Å². The zero-order valence-corrected chi connectivity index (χ0v) is 17.8. The van der Waals surface area contributed by atoms with Crippen molar-refractivity contribution in [3.8, 4) is 11.4 Å². The van der Waals surface area contributed by atoms with Gasteiger partial charge >= 0.3 is 0 Å². The molecule has 1 saturated carbocycles. The first-order chi connectivity index (χ1) is 16.2. The molecule has 3 aromatic heterocycles. The Morgan fingerprint density at radius 2 is 2.00 bits per heavy atom. The third-order valence-corrected chi connectivity index (χ3v) is 6.09. The summed E-state index contributed by atoms with van der Waals surface area (Å²) in [4.78, 5) is 20.6. The molecule has 2 unspecified atom stereocenters. The van der Waals surface area contributed by atoms with Crippen LogP contribution in [0.15, 0.2) is 30.6 Å². The monoisotopic (exact) mass is 480 g/mol. The Morgan fingerprint density at radius 1 is 1.21 bits per heavy atom. The van der Waals surface area contributed by atoms with E-state index >= 15 is 0 Å². The number of halogens is 5.